The largest absolute Gasteiger partial charge is 0.379 e. The summed E-state index contributed by atoms with van der Waals surface area (Å²) in [6.07, 6.45) is 1.98. The average Bonchev–Trinajstić information content (AvgIpc) is 3.26. The van der Waals surface area contributed by atoms with Gasteiger partial charge in [0.15, 0.2) is 0 Å². The Hall–Kier alpha value is -1.82. The van der Waals surface area contributed by atoms with Crippen LogP contribution in [0.2, 0.25) is 5.02 Å². The molecular weight excluding hydrogens is 294 g/mol. The maximum atomic E-state index is 12.5. The fourth-order valence-corrected chi connectivity index (χ4v) is 2.61. The van der Waals surface area contributed by atoms with Gasteiger partial charge in [0, 0.05) is 30.8 Å². The highest BCUT2D eigenvalue weighted by atomic mass is 35.5. The summed E-state index contributed by atoms with van der Waals surface area (Å²) in [4.78, 5) is 24.9. The molecule has 1 amide bonds. The third-order valence-electron chi connectivity index (χ3n) is 3.46. The minimum absolute atomic E-state index is 0.167. The Morgan fingerprint density at radius 2 is 2.14 bits per heavy atom. The Kier molecular flexibility index (Phi) is 4.67. The molecule has 2 rings (SSSR count). The van der Waals surface area contributed by atoms with E-state index in [9.17, 15) is 14.9 Å². The van der Waals surface area contributed by atoms with Gasteiger partial charge in [-0.15, -0.1) is 0 Å². The van der Waals surface area contributed by atoms with Gasteiger partial charge in [0.1, 0.15) is 5.69 Å². The van der Waals surface area contributed by atoms with Crippen LogP contribution < -0.4 is 5.32 Å². The number of hydrogen-bond acceptors (Lipinski definition) is 4. The lowest BCUT2D eigenvalue weighted by Crippen LogP contribution is -2.32. The molecule has 1 aromatic rings. The highest BCUT2D eigenvalue weighted by Crippen LogP contribution is 2.35. The van der Waals surface area contributed by atoms with E-state index >= 15 is 0 Å². The van der Waals surface area contributed by atoms with E-state index in [0.717, 1.165) is 12.8 Å². The number of carbonyl (C=O) groups is 1. The molecule has 1 fully saturated rings. The Labute approximate surface area is 128 Å². The van der Waals surface area contributed by atoms with Crippen LogP contribution >= 0.6 is 11.6 Å². The topological polar surface area (TPSA) is 75.5 Å². The first kappa shape index (κ1) is 15.6. The van der Waals surface area contributed by atoms with E-state index in [0.29, 0.717) is 13.1 Å². The lowest BCUT2D eigenvalue weighted by molar-refractivity contribution is -0.384. The SMILES string of the molecule is CCNc1c(Cl)cc(C(=O)N(CC)C2CC2)cc1[N+](=O)[O-]. The Morgan fingerprint density at radius 3 is 2.62 bits per heavy atom. The van der Waals surface area contributed by atoms with Crippen LogP contribution in [0.4, 0.5) is 11.4 Å². The molecule has 0 radical (unpaired) electrons. The van der Waals surface area contributed by atoms with E-state index in [1.807, 2.05) is 13.8 Å². The Balaban J connectivity index is 2.40. The molecule has 0 spiro atoms. The first-order valence-electron chi connectivity index (χ1n) is 7.02. The molecule has 114 valence electrons. The molecule has 21 heavy (non-hydrogen) atoms. The van der Waals surface area contributed by atoms with Crippen LogP contribution in [0.25, 0.3) is 0 Å². The number of halogens is 1. The number of nitrogens with one attached hydrogen (secondary N) is 1. The molecule has 7 heteroatoms. The molecule has 1 aliphatic carbocycles. The van der Waals surface area contributed by atoms with Crippen molar-refractivity contribution >= 4 is 28.9 Å². The average molecular weight is 312 g/mol. The minimum atomic E-state index is -0.520. The van der Waals surface area contributed by atoms with Crippen molar-refractivity contribution in [3.8, 4) is 0 Å². The maximum Gasteiger partial charge on any atom is 0.294 e. The lowest BCUT2D eigenvalue weighted by Gasteiger charge is -2.20. The molecule has 0 aromatic heterocycles. The fourth-order valence-electron chi connectivity index (χ4n) is 2.33. The van der Waals surface area contributed by atoms with Gasteiger partial charge < -0.3 is 10.2 Å². The van der Waals surface area contributed by atoms with Gasteiger partial charge in [-0.2, -0.15) is 0 Å². The monoisotopic (exact) mass is 311 g/mol. The third kappa shape index (κ3) is 3.26. The summed E-state index contributed by atoms with van der Waals surface area (Å²) < 4.78 is 0. The van der Waals surface area contributed by atoms with Crippen molar-refractivity contribution in [2.75, 3.05) is 18.4 Å². The molecule has 0 aliphatic heterocycles. The van der Waals surface area contributed by atoms with Crippen molar-refractivity contribution in [3.05, 3.63) is 32.8 Å². The summed E-state index contributed by atoms with van der Waals surface area (Å²) in [5.41, 5.74) is 0.358. The minimum Gasteiger partial charge on any atom is -0.379 e. The lowest BCUT2D eigenvalue weighted by atomic mass is 10.1. The van der Waals surface area contributed by atoms with Crippen molar-refractivity contribution in [1.82, 2.24) is 4.90 Å². The quantitative estimate of drug-likeness (QED) is 0.646. The van der Waals surface area contributed by atoms with Crippen LogP contribution in [0.5, 0.6) is 0 Å². The number of hydrogen-bond donors (Lipinski definition) is 1. The van der Waals surface area contributed by atoms with Crippen LogP contribution in [0.1, 0.15) is 37.0 Å². The number of rotatable bonds is 6. The zero-order chi connectivity index (χ0) is 15.6. The van der Waals surface area contributed by atoms with Crippen LogP contribution in [-0.2, 0) is 0 Å². The Morgan fingerprint density at radius 1 is 1.48 bits per heavy atom. The number of nitro groups is 1. The highest BCUT2D eigenvalue weighted by Gasteiger charge is 2.33. The second-order valence-corrected chi connectivity index (χ2v) is 5.37. The summed E-state index contributed by atoms with van der Waals surface area (Å²) in [7, 11) is 0. The first-order valence-corrected chi connectivity index (χ1v) is 7.40. The summed E-state index contributed by atoms with van der Waals surface area (Å²) in [6, 6.07) is 3.06. The first-order chi connectivity index (χ1) is 9.99. The molecule has 1 aliphatic rings. The van der Waals surface area contributed by atoms with Gasteiger partial charge in [-0.25, -0.2) is 0 Å². The molecule has 0 atom stereocenters. The maximum absolute atomic E-state index is 12.5. The van der Waals surface area contributed by atoms with Crippen molar-refractivity contribution in [2.45, 2.75) is 32.7 Å². The summed E-state index contributed by atoms with van der Waals surface area (Å²) in [6.45, 7) is 4.82. The van der Waals surface area contributed by atoms with E-state index in [4.69, 9.17) is 11.6 Å². The van der Waals surface area contributed by atoms with Gasteiger partial charge in [0.05, 0.1) is 9.95 Å². The van der Waals surface area contributed by atoms with E-state index in [1.165, 1.54) is 12.1 Å². The van der Waals surface area contributed by atoms with E-state index in [2.05, 4.69) is 5.32 Å². The predicted molar refractivity (Wildman–Crippen MR) is 82.0 cm³/mol. The van der Waals surface area contributed by atoms with Crippen LogP contribution in [0, 0.1) is 10.1 Å². The standard InChI is InChI=1S/C14H18ClN3O3/c1-3-16-13-11(15)7-9(8-12(13)18(20)21)14(19)17(4-2)10-5-6-10/h7-8,10,16H,3-6H2,1-2H3. The van der Waals surface area contributed by atoms with E-state index in [-0.39, 0.29) is 33.9 Å². The predicted octanol–water partition coefficient (Wildman–Crippen LogP) is 3.30. The highest BCUT2D eigenvalue weighted by molar-refractivity contribution is 6.34. The fraction of sp³-hybridized carbons (Fsp3) is 0.500. The van der Waals surface area contributed by atoms with Crippen LogP contribution in [0.3, 0.4) is 0 Å². The second-order valence-electron chi connectivity index (χ2n) is 4.96. The molecule has 1 N–H and O–H groups in total. The number of carbonyl (C=O) groups excluding carboxylic acids is 1. The summed E-state index contributed by atoms with van der Waals surface area (Å²) in [5.74, 6) is -0.201. The normalized spacial score (nSPS) is 13.9. The molecule has 6 nitrogen and oxygen atoms in total. The Bertz CT molecular complexity index is 573. The molecule has 0 bridgehead atoms. The second kappa shape index (κ2) is 6.30. The number of benzene rings is 1. The molecule has 0 heterocycles. The molecule has 0 unspecified atom stereocenters. The van der Waals surface area contributed by atoms with Crippen LogP contribution in [0.15, 0.2) is 12.1 Å². The zero-order valence-electron chi connectivity index (χ0n) is 12.1. The van der Waals surface area contributed by atoms with Crippen LogP contribution in [-0.4, -0.2) is 34.9 Å². The summed E-state index contributed by atoms with van der Waals surface area (Å²) in [5, 5.41) is 14.3. The molecular formula is C14H18ClN3O3. The zero-order valence-corrected chi connectivity index (χ0v) is 12.8. The number of nitro benzene ring substituents is 1. The smallest absolute Gasteiger partial charge is 0.294 e. The van der Waals surface area contributed by atoms with Gasteiger partial charge in [0.25, 0.3) is 11.6 Å². The van der Waals surface area contributed by atoms with Gasteiger partial charge in [-0.05, 0) is 32.8 Å². The molecule has 0 saturated heterocycles. The number of anilines is 1. The molecule has 1 saturated carbocycles. The van der Waals surface area contributed by atoms with Gasteiger partial charge >= 0.3 is 0 Å². The van der Waals surface area contributed by atoms with E-state index < -0.39 is 4.92 Å². The number of nitrogens with zero attached hydrogens (tertiary/aromatic N) is 2. The van der Waals surface area contributed by atoms with E-state index in [1.54, 1.807) is 4.90 Å². The molecule has 1 aromatic carbocycles. The summed E-state index contributed by atoms with van der Waals surface area (Å²) >= 11 is 6.11. The van der Waals surface area contributed by atoms with Crippen molar-refractivity contribution in [3.63, 3.8) is 0 Å². The number of amides is 1. The van der Waals surface area contributed by atoms with Gasteiger partial charge in [-0.3, -0.25) is 14.9 Å². The van der Waals surface area contributed by atoms with Crippen molar-refractivity contribution < 1.29 is 9.72 Å². The van der Waals surface area contributed by atoms with Gasteiger partial charge in [-0.1, -0.05) is 11.6 Å². The third-order valence-corrected chi connectivity index (χ3v) is 3.75. The van der Waals surface area contributed by atoms with Crippen molar-refractivity contribution in [2.24, 2.45) is 0 Å². The van der Waals surface area contributed by atoms with Crippen molar-refractivity contribution in [1.29, 1.82) is 0 Å². The van der Waals surface area contributed by atoms with Gasteiger partial charge in [0.2, 0.25) is 0 Å².